The third kappa shape index (κ3) is 3.63. The van der Waals surface area contributed by atoms with Crippen LogP contribution in [-0.4, -0.2) is 32.8 Å². The van der Waals surface area contributed by atoms with Crippen molar-refractivity contribution in [3.8, 4) is 11.4 Å². The van der Waals surface area contributed by atoms with Crippen LogP contribution >= 0.6 is 0 Å². The Balaban J connectivity index is 1.87. The molecule has 0 aliphatic heterocycles. The second kappa shape index (κ2) is 6.26. The van der Waals surface area contributed by atoms with E-state index in [4.69, 9.17) is 0 Å². The topological polar surface area (TPSA) is 55.6 Å². The molecule has 0 amide bonds. The molecule has 0 saturated heterocycles. The van der Waals surface area contributed by atoms with Crippen LogP contribution in [0.1, 0.15) is 20.3 Å². The zero-order valence-electron chi connectivity index (χ0n) is 10.9. The fourth-order valence-corrected chi connectivity index (χ4v) is 1.65. The summed E-state index contributed by atoms with van der Waals surface area (Å²) in [5.74, 6) is 0.687. The second-order valence-corrected chi connectivity index (χ2v) is 4.54. The minimum Gasteiger partial charge on any atom is -0.314 e. The highest BCUT2D eigenvalue weighted by Gasteiger charge is 2.04. The van der Waals surface area contributed by atoms with Gasteiger partial charge in [0.1, 0.15) is 0 Å². The molecule has 1 aromatic heterocycles. The number of nitrogens with zero attached hydrogens (tertiary/aromatic N) is 4. The molecule has 0 bridgehead atoms. The van der Waals surface area contributed by atoms with Crippen molar-refractivity contribution in [1.29, 1.82) is 0 Å². The average molecular weight is 245 g/mol. The summed E-state index contributed by atoms with van der Waals surface area (Å²) in [5.41, 5.74) is 1.00. The third-order valence-corrected chi connectivity index (χ3v) is 2.57. The maximum atomic E-state index is 4.36. The molecule has 1 heterocycles. The van der Waals surface area contributed by atoms with Gasteiger partial charge in [-0.15, -0.1) is 10.2 Å². The number of aromatic nitrogens is 4. The summed E-state index contributed by atoms with van der Waals surface area (Å²) >= 11 is 0. The Hall–Kier alpha value is -1.75. The number of aryl methyl sites for hydroxylation is 1. The summed E-state index contributed by atoms with van der Waals surface area (Å²) in [6, 6.07) is 10.4. The van der Waals surface area contributed by atoms with E-state index in [2.05, 4.69) is 34.6 Å². The van der Waals surface area contributed by atoms with Crippen molar-refractivity contribution in [3.05, 3.63) is 30.3 Å². The van der Waals surface area contributed by atoms with E-state index in [1.165, 1.54) is 0 Å². The van der Waals surface area contributed by atoms with E-state index in [9.17, 15) is 0 Å². The molecular formula is C13H19N5. The maximum absolute atomic E-state index is 4.36. The molecule has 0 fully saturated rings. The minimum absolute atomic E-state index is 0.522. The van der Waals surface area contributed by atoms with Crippen LogP contribution in [-0.2, 0) is 6.54 Å². The largest absolute Gasteiger partial charge is 0.314 e. The second-order valence-electron chi connectivity index (χ2n) is 4.54. The minimum atomic E-state index is 0.522. The van der Waals surface area contributed by atoms with Crippen molar-refractivity contribution in [3.63, 3.8) is 0 Å². The molecule has 5 nitrogen and oxygen atoms in total. The predicted octanol–water partition coefficient (Wildman–Crippen LogP) is 1.73. The Bertz CT molecular complexity index is 463. The molecular weight excluding hydrogens is 226 g/mol. The molecule has 5 heteroatoms. The predicted molar refractivity (Wildman–Crippen MR) is 71.0 cm³/mol. The van der Waals surface area contributed by atoms with E-state index in [1.807, 2.05) is 30.3 Å². The number of nitrogens with one attached hydrogen (secondary N) is 1. The van der Waals surface area contributed by atoms with Gasteiger partial charge in [-0.2, -0.15) is 4.80 Å². The first-order chi connectivity index (χ1) is 8.75. The zero-order valence-corrected chi connectivity index (χ0v) is 10.9. The summed E-state index contributed by atoms with van der Waals surface area (Å²) < 4.78 is 0. The van der Waals surface area contributed by atoms with Crippen LogP contribution in [0.4, 0.5) is 0 Å². The van der Waals surface area contributed by atoms with Crippen LogP contribution < -0.4 is 5.32 Å². The van der Waals surface area contributed by atoms with Crippen molar-refractivity contribution in [2.75, 3.05) is 6.54 Å². The molecule has 0 spiro atoms. The Labute approximate surface area is 107 Å². The lowest BCUT2D eigenvalue weighted by Gasteiger charge is -2.06. The molecule has 1 N–H and O–H groups in total. The Morgan fingerprint density at radius 2 is 2.00 bits per heavy atom. The molecule has 2 aromatic rings. The number of benzene rings is 1. The lowest BCUT2D eigenvalue weighted by atomic mass is 10.2. The van der Waals surface area contributed by atoms with Crippen LogP contribution in [0.25, 0.3) is 11.4 Å². The van der Waals surface area contributed by atoms with Gasteiger partial charge in [0.15, 0.2) is 0 Å². The summed E-state index contributed by atoms with van der Waals surface area (Å²) in [6.07, 6.45) is 1.00. The Morgan fingerprint density at radius 1 is 1.22 bits per heavy atom. The molecule has 96 valence electrons. The lowest BCUT2D eigenvalue weighted by Crippen LogP contribution is -2.24. The normalized spacial score (nSPS) is 11.1. The van der Waals surface area contributed by atoms with E-state index < -0.39 is 0 Å². The van der Waals surface area contributed by atoms with Crippen molar-refractivity contribution in [2.24, 2.45) is 0 Å². The third-order valence-electron chi connectivity index (χ3n) is 2.57. The zero-order chi connectivity index (χ0) is 12.8. The molecule has 0 aliphatic carbocycles. The highest BCUT2D eigenvalue weighted by molar-refractivity contribution is 5.52. The monoisotopic (exact) mass is 245 g/mol. The first-order valence-electron chi connectivity index (χ1n) is 6.32. The van der Waals surface area contributed by atoms with Crippen molar-refractivity contribution in [1.82, 2.24) is 25.5 Å². The molecule has 18 heavy (non-hydrogen) atoms. The van der Waals surface area contributed by atoms with Crippen LogP contribution in [0.3, 0.4) is 0 Å². The van der Waals surface area contributed by atoms with Crippen molar-refractivity contribution < 1.29 is 0 Å². The number of tetrazole rings is 1. The summed E-state index contributed by atoms with van der Waals surface area (Å²) in [5, 5.41) is 15.8. The van der Waals surface area contributed by atoms with Gasteiger partial charge in [0.05, 0.1) is 6.54 Å². The van der Waals surface area contributed by atoms with Gasteiger partial charge >= 0.3 is 0 Å². The van der Waals surface area contributed by atoms with Gasteiger partial charge < -0.3 is 5.32 Å². The SMILES string of the molecule is CC(C)NCCCn1nnc(-c2ccccc2)n1. The quantitative estimate of drug-likeness (QED) is 0.787. The standard InChI is InChI=1S/C13H19N5/c1-11(2)14-9-6-10-18-16-13(15-17-18)12-7-4-3-5-8-12/h3-5,7-8,11,14H,6,9-10H2,1-2H3. The fraction of sp³-hybridized carbons (Fsp3) is 0.462. The van der Waals surface area contributed by atoms with Gasteiger partial charge in [0.25, 0.3) is 0 Å². The van der Waals surface area contributed by atoms with E-state index in [-0.39, 0.29) is 0 Å². The van der Waals surface area contributed by atoms with Crippen LogP contribution in [0, 0.1) is 0 Å². The van der Waals surface area contributed by atoms with E-state index >= 15 is 0 Å². The lowest BCUT2D eigenvalue weighted by molar-refractivity contribution is 0.470. The smallest absolute Gasteiger partial charge is 0.204 e. The first-order valence-corrected chi connectivity index (χ1v) is 6.32. The van der Waals surface area contributed by atoms with Gasteiger partial charge in [-0.3, -0.25) is 0 Å². The van der Waals surface area contributed by atoms with Gasteiger partial charge in [-0.1, -0.05) is 44.2 Å². The van der Waals surface area contributed by atoms with Crippen LogP contribution in [0.5, 0.6) is 0 Å². The van der Waals surface area contributed by atoms with Crippen LogP contribution in [0.15, 0.2) is 30.3 Å². The molecule has 1 aromatic carbocycles. The molecule has 0 unspecified atom stereocenters. The molecule has 0 aliphatic rings. The Kier molecular flexibility index (Phi) is 4.41. The molecule has 0 saturated carbocycles. The van der Waals surface area contributed by atoms with Gasteiger partial charge in [0.2, 0.25) is 5.82 Å². The molecule has 2 rings (SSSR count). The summed E-state index contributed by atoms with van der Waals surface area (Å²) in [6.45, 7) is 6.04. The van der Waals surface area contributed by atoms with Gasteiger partial charge in [0, 0.05) is 11.6 Å². The number of rotatable bonds is 6. The highest BCUT2D eigenvalue weighted by atomic mass is 15.6. The average Bonchev–Trinajstić information content (AvgIpc) is 2.84. The number of hydrogen-bond donors (Lipinski definition) is 1. The summed E-state index contributed by atoms with van der Waals surface area (Å²) in [4.78, 5) is 1.66. The van der Waals surface area contributed by atoms with Gasteiger partial charge in [-0.05, 0) is 18.2 Å². The van der Waals surface area contributed by atoms with Crippen molar-refractivity contribution >= 4 is 0 Å². The van der Waals surface area contributed by atoms with Gasteiger partial charge in [-0.25, -0.2) is 0 Å². The molecule has 0 atom stereocenters. The Morgan fingerprint density at radius 3 is 2.72 bits per heavy atom. The van der Waals surface area contributed by atoms with Crippen LogP contribution in [0.2, 0.25) is 0 Å². The molecule has 0 radical (unpaired) electrons. The van der Waals surface area contributed by atoms with E-state index in [0.29, 0.717) is 11.9 Å². The van der Waals surface area contributed by atoms with E-state index in [0.717, 1.165) is 25.1 Å². The fourth-order valence-electron chi connectivity index (χ4n) is 1.65. The maximum Gasteiger partial charge on any atom is 0.204 e. The van der Waals surface area contributed by atoms with E-state index in [1.54, 1.807) is 4.80 Å². The highest BCUT2D eigenvalue weighted by Crippen LogP contribution is 2.11. The summed E-state index contributed by atoms with van der Waals surface area (Å²) in [7, 11) is 0. The van der Waals surface area contributed by atoms with Crippen molar-refractivity contribution in [2.45, 2.75) is 32.9 Å². The first kappa shape index (κ1) is 12.7. The number of hydrogen-bond acceptors (Lipinski definition) is 4.